The van der Waals surface area contributed by atoms with Crippen molar-refractivity contribution in [2.45, 2.75) is 26.4 Å². The lowest BCUT2D eigenvalue weighted by atomic mass is 10.4. The van der Waals surface area contributed by atoms with E-state index >= 15 is 0 Å². The Hall–Kier alpha value is -1.40. The quantitative estimate of drug-likeness (QED) is 0.615. The van der Waals surface area contributed by atoms with Gasteiger partial charge in [-0.05, 0) is 13.0 Å². The van der Waals surface area contributed by atoms with Gasteiger partial charge in [-0.2, -0.15) is 0 Å². The van der Waals surface area contributed by atoms with E-state index in [0.29, 0.717) is 19.7 Å². The Kier molecular flexibility index (Phi) is 7.05. The summed E-state index contributed by atoms with van der Waals surface area (Å²) in [5.74, 6) is -0.0301. The van der Waals surface area contributed by atoms with Crippen molar-refractivity contribution in [3.8, 4) is 0 Å². The normalized spacial score (nSPS) is 10.6. The van der Waals surface area contributed by atoms with Crippen LogP contribution in [-0.2, 0) is 22.6 Å². The third-order valence-electron chi connectivity index (χ3n) is 2.37. The average molecular weight is 254 g/mol. The summed E-state index contributed by atoms with van der Waals surface area (Å²) in [5.41, 5.74) is 0.952. The van der Waals surface area contributed by atoms with Crippen LogP contribution in [0.15, 0.2) is 12.5 Å². The Morgan fingerprint density at radius 3 is 3.06 bits per heavy atom. The van der Waals surface area contributed by atoms with Crippen LogP contribution in [0.1, 0.15) is 19.0 Å². The Bertz CT molecular complexity index is 352. The second-order valence-electron chi connectivity index (χ2n) is 4.06. The van der Waals surface area contributed by atoms with E-state index in [1.165, 1.54) is 0 Å². The number of ether oxygens (including phenoxy) is 1. The van der Waals surface area contributed by atoms with Crippen LogP contribution < -0.4 is 10.6 Å². The predicted molar refractivity (Wildman–Crippen MR) is 69.1 cm³/mol. The van der Waals surface area contributed by atoms with Gasteiger partial charge < -0.3 is 19.9 Å². The molecule has 18 heavy (non-hydrogen) atoms. The molecule has 1 aromatic rings. The summed E-state index contributed by atoms with van der Waals surface area (Å²) in [6, 6.07) is 0. The number of nitrogens with zero attached hydrogens (tertiary/aromatic N) is 2. The molecule has 0 radical (unpaired) electrons. The minimum Gasteiger partial charge on any atom is -0.383 e. The predicted octanol–water partition coefficient (Wildman–Crippen LogP) is 0.145. The molecule has 2 N–H and O–H groups in total. The Morgan fingerprint density at radius 2 is 2.33 bits per heavy atom. The van der Waals surface area contributed by atoms with Crippen LogP contribution in [-0.4, -0.2) is 42.3 Å². The monoisotopic (exact) mass is 254 g/mol. The van der Waals surface area contributed by atoms with Gasteiger partial charge in [0.2, 0.25) is 5.91 Å². The molecule has 6 nitrogen and oxygen atoms in total. The summed E-state index contributed by atoms with van der Waals surface area (Å²) in [6.07, 6.45) is 4.67. The van der Waals surface area contributed by atoms with Gasteiger partial charge in [-0.15, -0.1) is 0 Å². The number of amides is 1. The lowest BCUT2D eigenvalue weighted by Gasteiger charge is -2.04. The summed E-state index contributed by atoms with van der Waals surface area (Å²) in [7, 11) is 1.61. The Balaban J connectivity index is 2.27. The lowest BCUT2D eigenvalue weighted by molar-refractivity contribution is -0.121. The number of nitrogens with one attached hydrogen (secondary N) is 2. The molecular formula is C12H22N4O2. The number of aromatic nitrogens is 2. The molecule has 0 aromatic carbocycles. The standard InChI is InChI=1S/C12H22N4O2/c1-3-4-13-7-11-8-16(10-15-11)9-12(17)14-5-6-18-2/h8,10,13H,3-7,9H2,1-2H3,(H,14,17). The number of rotatable bonds is 9. The van der Waals surface area contributed by atoms with Crippen molar-refractivity contribution in [1.29, 1.82) is 0 Å². The number of hydrogen-bond donors (Lipinski definition) is 2. The summed E-state index contributed by atoms with van der Waals surface area (Å²) in [6.45, 7) is 5.20. The number of carbonyl (C=O) groups excluding carboxylic acids is 1. The third kappa shape index (κ3) is 5.79. The fourth-order valence-corrected chi connectivity index (χ4v) is 1.49. The van der Waals surface area contributed by atoms with E-state index in [4.69, 9.17) is 4.74 Å². The molecule has 0 unspecified atom stereocenters. The van der Waals surface area contributed by atoms with E-state index in [-0.39, 0.29) is 5.91 Å². The minimum atomic E-state index is -0.0301. The highest BCUT2D eigenvalue weighted by Crippen LogP contribution is 1.95. The average Bonchev–Trinajstić information content (AvgIpc) is 2.77. The van der Waals surface area contributed by atoms with Crippen molar-refractivity contribution in [2.24, 2.45) is 0 Å². The maximum Gasteiger partial charge on any atom is 0.240 e. The molecule has 0 spiro atoms. The van der Waals surface area contributed by atoms with Crippen LogP contribution in [0, 0.1) is 0 Å². The highest BCUT2D eigenvalue weighted by molar-refractivity contribution is 5.75. The van der Waals surface area contributed by atoms with Crippen molar-refractivity contribution < 1.29 is 9.53 Å². The minimum absolute atomic E-state index is 0.0301. The van der Waals surface area contributed by atoms with Gasteiger partial charge in [0, 0.05) is 26.4 Å². The number of methoxy groups -OCH3 is 1. The summed E-state index contributed by atoms with van der Waals surface area (Å²) in [4.78, 5) is 15.8. The molecule has 0 aliphatic carbocycles. The molecule has 0 aliphatic rings. The summed E-state index contributed by atoms with van der Waals surface area (Å²) < 4.78 is 6.64. The number of imidazole rings is 1. The molecule has 0 saturated carbocycles. The maximum absolute atomic E-state index is 11.5. The molecule has 0 aliphatic heterocycles. The van der Waals surface area contributed by atoms with E-state index in [1.54, 1.807) is 18.0 Å². The molecule has 0 atom stereocenters. The van der Waals surface area contributed by atoms with E-state index in [1.807, 2.05) is 6.20 Å². The molecule has 102 valence electrons. The first kappa shape index (κ1) is 14.7. The topological polar surface area (TPSA) is 68.2 Å². The number of carbonyl (C=O) groups is 1. The van der Waals surface area contributed by atoms with Crippen molar-refractivity contribution in [3.05, 3.63) is 18.2 Å². The van der Waals surface area contributed by atoms with Crippen molar-refractivity contribution >= 4 is 5.91 Å². The van der Waals surface area contributed by atoms with E-state index in [0.717, 1.165) is 25.2 Å². The van der Waals surface area contributed by atoms with Crippen LogP contribution >= 0.6 is 0 Å². The molecule has 0 fully saturated rings. The third-order valence-corrected chi connectivity index (χ3v) is 2.37. The molecule has 0 saturated heterocycles. The number of hydrogen-bond acceptors (Lipinski definition) is 4. The van der Waals surface area contributed by atoms with Gasteiger partial charge in [-0.1, -0.05) is 6.92 Å². The molecular weight excluding hydrogens is 232 g/mol. The molecule has 0 bridgehead atoms. The second-order valence-corrected chi connectivity index (χ2v) is 4.06. The zero-order valence-corrected chi connectivity index (χ0v) is 11.1. The first-order valence-electron chi connectivity index (χ1n) is 6.23. The van der Waals surface area contributed by atoms with Crippen LogP contribution in [0.3, 0.4) is 0 Å². The van der Waals surface area contributed by atoms with Gasteiger partial charge in [-0.25, -0.2) is 4.98 Å². The zero-order valence-electron chi connectivity index (χ0n) is 11.1. The fraction of sp³-hybridized carbons (Fsp3) is 0.667. The van der Waals surface area contributed by atoms with Crippen LogP contribution in [0.5, 0.6) is 0 Å². The SMILES string of the molecule is CCCNCc1cn(CC(=O)NCCOC)cn1. The smallest absolute Gasteiger partial charge is 0.240 e. The highest BCUT2D eigenvalue weighted by atomic mass is 16.5. The fourth-order valence-electron chi connectivity index (χ4n) is 1.49. The van der Waals surface area contributed by atoms with Gasteiger partial charge >= 0.3 is 0 Å². The van der Waals surface area contributed by atoms with Gasteiger partial charge in [0.1, 0.15) is 6.54 Å². The first-order valence-corrected chi connectivity index (χ1v) is 6.23. The molecule has 1 aromatic heterocycles. The van der Waals surface area contributed by atoms with Crippen LogP contribution in [0.2, 0.25) is 0 Å². The Labute approximate surface area is 108 Å². The van der Waals surface area contributed by atoms with E-state index in [9.17, 15) is 4.79 Å². The Morgan fingerprint density at radius 1 is 1.50 bits per heavy atom. The molecule has 1 heterocycles. The summed E-state index contributed by atoms with van der Waals surface area (Å²) in [5, 5.41) is 6.03. The van der Waals surface area contributed by atoms with Crippen LogP contribution in [0.4, 0.5) is 0 Å². The molecule has 1 rings (SSSR count). The van der Waals surface area contributed by atoms with Crippen LogP contribution in [0.25, 0.3) is 0 Å². The zero-order chi connectivity index (χ0) is 13.2. The molecule has 6 heteroatoms. The van der Waals surface area contributed by atoms with Gasteiger partial charge in [-0.3, -0.25) is 4.79 Å². The first-order chi connectivity index (χ1) is 8.76. The van der Waals surface area contributed by atoms with E-state index < -0.39 is 0 Å². The summed E-state index contributed by atoms with van der Waals surface area (Å²) >= 11 is 0. The van der Waals surface area contributed by atoms with Gasteiger partial charge in [0.05, 0.1) is 18.6 Å². The van der Waals surface area contributed by atoms with Crippen molar-refractivity contribution in [2.75, 3.05) is 26.8 Å². The highest BCUT2D eigenvalue weighted by Gasteiger charge is 2.03. The van der Waals surface area contributed by atoms with Gasteiger partial charge in [0.25, 0.3) is 0 Å². The lowest BCUT2D eigenvalue weighted by Crippen LogP contribution is -2.30. The maximum atomic E-state index is 11.5. The van der Waals surface area contributed by atoms with Crippen molar-refractivity contribution in [1.82, 2.24) is 20.2 Å². The van der Waals surface area contributed by atoms with Gasteiger partial charge in [0.15, 0.2) is 0 Å². The second kappa shape index (κ2) is 8.66. The van der Waals surface area contributed by atoms with Crippen molar-refractivity contribution in [3.63, 3.8) is 0 Å². The van der Waals surface area contributed by atoms with E-state index in [2.05, 4.69) is 22.5 Å². The largest absolute Gasteiger partial charge is 0.383 e. The molecule has 1 amide bonds.